The van der Waals surface area contributed by atoms with Crippen LogP contribution in [0.3, 0.4) is 0 Å². The van der Waals surface area contributed by atoms with Gasteiger partial charge in [-0.05, 0) is 43.7 Å². The van der Waals surface area contributed by atoms with E-state index in [1.54, 1.807) is 11.7 Å². The van der Waals surface area contributed by atoms with Crippen LogP contribution in [0.15, 0.2) is 58.3 Å². The highest BCUT2D eigenvalue weighted by atomic mass is 32.1. The Morgan fingerprint density at radius 2 is 1.97 bits per heavy atom. The Morgan fingerprint density at radius 1 is 1.23 bits per heavy atom. The van der Waals surface area contributed by atoms with Gasteiger partial charge in [-0.15, -0.1) is 0 Å². The smallest absolute Gasteiger partial charge is 0.270 e. The van der Waals surface area contributed by atoms with Crippen molar-refractivity contribution in [1.29, 1.82) is 0 Å². The van der Waals surface area contributed by atoms with Gasteiger partial charge in [-0.3, -0.25) is 14.2 Å². The van der Waals surface area contributed by atoms with Crippen LogP contribution in [0.4, 0.5) is 0 Å². The van der Waals surface area contributed by atoms with Crippen LogP contribution in [0.1, 0.15) is 31.0 Å². The number of para-hydroxylation sites is 1. The highest BCUT2D eigenvalue weighted by molar-refractivity contribution is 7.07. The molecular weight excluding hydrogens is 400 g/mol. The molecule has 2 aromatic carbocycles. The third kappa shape index (κ3) is 2.73. The summed E-state index contributed by atoms with van der Waals surface area (Å²) < 4.78 is 13.6. The average Bonchev–Trinajstić information content (AvgIpc) is 3.01. The summed E-state index contributed by atoms with van der Waals surface area (Å²) in [5, 5.41) is 0. The fourth-order valence-electron chi connectivity index (χ4n) is 4.41. The molecule has 0 aliphatic carbocycles. The van der Waals surface area contributed by atoms with E-state index < -0.39 is 17.7 Å². The number of nitrogens with zero attached hydrogens (tertiary/aromatic N) is 2. The van der Waals surface area contributed by atoms with Gasteiger partial charge in [0.2, 0.25) is 5.72 Å². The van der Waals surface area contributed by atoms with Crippen molar-refractivity contribution in [2.24, 2.45) is 10.9 Å². The lowest BCUT2D eigenvalue weighted by Crippen LogP contribution is -2.58. The van der Waals surface area contributed by atoms with E-state index in [-0.39, 0.29) is 11.3 Å². The number of thiazole rings is 1. The lowest BCUT2D eigenvalue weighted by molar-refractivity contribution is -0.132. The molecule has 7 heteroatoms. The molecule has 3 atom stereocenters. The molecule has 0 spiro atoms. The number of carbonyl (C=O) groups is 1. The Morgan fingerprint density at radius 3 is 2.67 bits per heavy atom. The second kappa shape index (κ2) is 6.67. The van der Waals surface area contributed by atoms with E-state index in [0.717, 1.165) is 16.9 Å². The van der Waals surface area contributed by atoms with E-state index in [1.807, 2.05) is 61.5 Å². The van der Waals surface area contributed by atoms with Crippen molar-refractivity contribution in [1.82, 2.24) is 4.57 Å². The SMILES string of the molecule is COc1ccc(/C=c2/sc3n(c2=O)[C@@H]2c4ccccc4O[C@](C)(N=3)[C@@H]2C(C)=O)cc1. The summed E-state index contributed by atoms with van der Waals surface area (Å²) in [5.74, 6) is 0.797. The van der Waals surface area contributed by atoms with Gasteiger partial charge < -0.3 is 9.47 Å². The van der Waals surface area contributed by atoms with Gasteiger partial charge in [0.1, 0.15) is 23.2 Å². The number of hydrogen-bond acceptors (Lipinski definition) is 6. The molecule has 5 rings (SSSR count). The number of aromatic nitrogens is 1. The summed E-state index contributed by atoms with van der Waals surface area (Å²) in [4.78, 5) is 31.4. The van der Waals surface area contributed by atoms with Crippen molar-refractivity contribution in [3.63, 3.8) is 0 Å². The fraction of sp³-hybridized carbons (Fsp3) is 0.261. The van der Waals surface area contributed by atoms with Crippen LogP contribution in [0.5, 0.6) is 11.5 Å². The van der Waals surface area contributed by atoms with E-state index in [4.69, 9.17) is 14.5 Å². The molecule has 152 valence electrons. The van der Waals surface area contributed by atoms with Gasteiger partial charge in [0.05, 0.1) is 17.7 Å². The highest BCUT2D eigenvalue weighted by Crippen LogP contribution is 2.47. The predicted octanol–water partition coefficient (Wildman–Crippen LogP) is 2.28. The van der Waals surface area contributed by atoms with E-state index in [0.29, 0.717) is 15.1 Å². The maximum Gasteiger partial charge on any atom is 0.270 e. The molecule has 3 aromatic rings. The van der Waals surface area contributed by atoms with Crippen LogP contribution in [0, 0.1) is 5.92 Å². The van der Waals surface area contributed by atoms with Crippen LogP contribution in [0.25, 0.3) is 6.08 Å². The normalized spacial score (nSPS) is 24.3. The van der Waals surface area contributed by atoms with Crippen molar-refractivity contribution in [2.45, 2.75) is 25.6 Å². The molecule has 0 N–H and O–H groups in total. The largest absolute Gasteiger partial charge is 0.497 e. The summed E-state index contributed by atoms with van der Waals surface area (Å²) in [5.41, 5.74) is 0.535. The first kappa shape index (κ1) is 18.8. The summed E-state index contributed by atoms with van der Waals surface area (Å²) in [7, 11) is 1.61. The van der Waals surface area contributed by atoms with Crippen LogP contribution in [-0.2, 0) is 4.79 Å². The zero-order valence-corrected chi connectivity index (χ0v) is 17.6. The van der Waals surface area contributed by atoms with Gasteiger partial charge in [-0.25, -0.2) is 4.99 Å². The third-order valence-corrected chi connectivity index (χ3v) is 6.71. The molecule has 0 radical (unpaired) electrons. The zero-order chi connectivity index (χ0) is 21.0. The first-order valence-corrected chi connectivity index (χ1v) is 10.5. The number of fused-ring (bicyclic) bond motifs is 6. The number of rotatable bonds is 3. The van der Waals surface area contributed by atoms with Crippen LogP contribution >= 0.6 is 11.3 Å². The minimum atomic E-state index is -1.04. The van der Waals surface area contributed by atoms with Crippen LogP contribution in [-0.4, -0.2) is 23.2 Å². The van der Waals surface area contributed by atoms with Crippen molar-refractivity contribution in [3.05, 3.63) is 79.3 Å². The molecule has 2 bridgehead atoms. The summed E-state index contributed by atoms with van der Waals surface area (Å²) >= 11 is 1.32. The maximum atomic E-state index is 13.4. The summed E-state index contributed by atoms with van der Waals surface area (Å²) in [6.07, 6.45) is 1.84. The van der Waals surface area contributed by atoms with Gasteiger partial charge in [0.25, 0.3) is 5.56 Å². The van der Waals surface area contributed by atoms with Crippen molar-refractivity contribution < 1.29 is 14.3 Å². The molecule has 0 unspecified atom stereocenters. The zero-order valence-electron chi connectivity index (χ0n) is 16.8. The van der Waals surface area contributed by atoms with Crippen molar-refractivity contribution in [3.8, 4) is 11.5 Å². The number of ketones is 1. The van der Waals surface area contributed by atoms with E-state index in [9.17, 15) is 9.59 Å². The van der Waals surface area contributed by atoms with Crippen LogP contribution in [0.2, 0.25) is 0 Å². The molecule has 0 amide bonds. The Balaban J connectivity index is 1.76. The quantitative estimate of drug-likeness (QED) is 0.652. The molecule has 0 saturated heterocycles. The molecule has 6 nitrogen and oxygen atoms in total. The molecule has 3 heterocycles. The van der Waals surface area contributed by atoms with Gasteiger partial charge in [0.15, 0.2) is 4.80 Å². The second-order valence-corrected chi connectivity index (χ2v) is 8.69. The Hall–Kier alpha value is -3.19. The molecule has 2 aliphatic heterocycles. The number of benzene rings is 2. The minimum absolute atomic E-state index is 0.0508. The number of Topliss-reactive ketones (excluding diaryl/α,β-unsaturated/α-hetero) is 1. The fourth-order valence-corrected chi connectivity index (χ4v) is 5.51. The van der Waals surface area contributed by atoms with Gasteiger partial charge in [0, 0.05) is 5.56 Å². The molecule has 0 saturated carbocycles. The number of carbonyl (C=O) groups excluding carboxylic acids is 1. The summed E-state index contributed by atoms with van der Waals surface area (Å²) in [6, 6.07) is 14.6. The summed E-state index contributed by atoms with van der Waals surface area (Å²) in [6.45, 7) is 3.36. The lowest BCUT2D eigenvalue weighted by Gasteiger charge is -2.45. The first-order valence-electron chi connectivity index (χ1n) is 9.67. The Labute approximate surface area is 176 Å². The highest BCUT2D eigenvalue weighted by Gasteiger charge is 2.53. The number of ether oxygens (including phenoxy) is 2. The van der Waals surface area contributed by atoms with Crippen LogP contribution < -0.4 is 24.4 Å². The van der Waals surface area contributed by atoms with Crippen molar-refractivity contribution >= 4 is 23.2 Å². The maximum absolute atomic E-state index is 13.4. The molecule has 0 fully saturated rings. The second-order valence-electron chi connectivity index (χ2n) is 7.68. The predicted molar refractivity (Wildman–Crippen MR) is 114 cm³/mol. The average molecular weight is 420 g/mol. The van der Waals surface area contributed by atoms with E-state index in [2.05, 4.69) is 0 Å². The van der Waals surface area contributed by atoms with Crippen molar-refractivity contribution in [2.75, 3.05) is 7.11 Å². The number of methoxy groups -OCH3 is 1. The molecule has 2 aliphatic rings. The number of hydrogen-bond donors (Lipinski definition) is 0. The van der Waals surface area contributed by atoms with E-state index in [1.165, 1.54) is 18.3 Å². The van der Waals surface area contributed by atoms with E-state index >= 15 is 0 Å². The molecular formula is C23H20N2O4S. The standard InChI is InChI=1S/C23H20N2O4S/c1-13(26)19-20-16-6-4-5-7-17(16)29-23(19,2)24-22-25(20)21(27)18(30-22)12-14-8-10-15(28-3)11-9-14/h4-12,19-20H,1-3H3/b18-12+/t19-,20-,23+/m1/s1. The Bertz CT molecular complexity index is 1340. The third-order valence-electron chi connectivity index (χ3n) is 5.73. The molecule has 30 heavy (non-hydrogen) atoms. The lowest BCUT2D eigenvalue weighted by atomic mass is 9.79. The molecule has 1 aromatic heterocycles. The topological polar surface area (TPSA) is 69.9 Å². The van der Waals surface area contributed by atoms with Gasteiger partial charge in [-0.1, -0.05) is 41.7 Å². The first-order chi connectivity index (χ1) is 14.4. The monoisotopic (exact) mass is 420 g/mol. The minimum Gasteiger partial charge on any atom is -0.497 e. The van der Waals surface area contributed by atoms with Gasteiger partial charge >= 0.3 is 0 Å². The van der Waals surface area contributed by atoms with Gasteiger partial charge in [-0.2, -0.15) is 0 Å². The Kier molecular flexibility index (Phi) is 4.18.